The number of aromatic amines is 1. The lowest BCUT2D eigenvalue weighted by Crippen LogP contribution is -2.30. The molecule has 0 aliphatic heterocycles. The highest BCUT2D eigenvalue weighted by Crippen LogP contribution is 2.19. The zero-order chi connectivity index (χ0) is 16.2. The van der Waals surface area contributed by atoms with Crippen molar-refractivity contribution < 1.29 is 4.79 Å². The van der Waals surface area contributed by atoms with Gasteiger partial charge in [-0.1, -0.05) is 17.7 Å². The van der Waals surface area contributed by atoms with Gasteiger partial charge in [0.25, 0.3) is 0 Å². The highest BCUT2D eigenvalue weighted by Gasteiger charge is 2.09. The topological polar surface area (TPSA) is 86.9 Å². The molecular weight excluding hydrogens is 316 g/mol. The summed E-state index contributed by atoms with van der Waals surface area (Å²) in [7, 11) is 0. The number of pyridine rings is 2. The summed E-state index contributed by atoms with van der Waals surface area (Å²) in [6.07, 6.45) is 4.72. The number of benzene rings is 1. The minimum Gasteiger partial charge on any atom is -0.358 e. The highest BCUT2D eigenvalue weighted by molar-refractivity contribution is 6.35. The van der Waals surface area contributed by atoms with Gasteiger partial charge in [0.1, 0.15) is 5.69 Å². The monoisotopic (exact) mass is 328 g/mol. The van der Waals surface area contributed by atoms with Crippen molar-refractivity contribution in [3.05, 3.63) is 69.7 Å². The molecule has 3 N–H and O–H groups in total. The molecule has 3 aromatic rings. The van der Waals surface area contributed by atoms with E-state index in [1.165, 1.54) is 6.20 Å². The third-order valence-electron chi connectivity index (χ3n) is 3.31. The first-order valence-corrected chi connectivity index (χ1v) is 7.26. The van der Waals surface area contributed by atoms with Crippen LogP contribution < -0.4 is 16.1 Å². The van der Waals surface area contributed by atoms with Gasteiger partial charge in [-0.25, -0.2) is 4.79 Å². The molecule has 2 amide bonds. The summed E-state index contributed by atoms with van der Waals surface area (Å²) in [5.41, 5.74) is 1.32. The Hall–Kier alpha value is -2.86. The Kier molecular flexibility index (Phi) is 4.25. The highest BCUT2D eigenvalue weighted by atomic mass is 35.5. The first-order valence-electron chi connectivity index (χ1n) is 6.89. The molecule has 0 fully saturated rings. The predicted molar refractivity (Wildman–Crippen MR) is 89.7 cm³/mol. The van der Waals surface area contributed by atoms with E-state index in [-0.39, 0.29) is 11.1 Å². The number of anilines is 1. The van der Waals surface area contributed by atoms with Crippen molar-refractivity contribution in [3.8, 4) is 0 Å². The Morgan fingerprint density at radius 1 is 1.22 bits per heavy atom. The fraction of sp³-hybridized carbons (Fsp3) is 0.0625. The fourth-order valence-corrected chi connectivity index (χ4v) is 2.39. The Bertz CT molecular complexity index is 909. The number of urea groups is 1. The second-order valence-electron chi connectivity index (χ2n) is 4.86. The first-order chi connectivity index (χ1) is 11.1. The quantitative estimate of drug-likeness (QED) is 0.691. The lowest BCUT2D eigenvalue weighted by atomic mass is 10.2. The third-order valence-corrected chi connectivity index (χ3v) is 3.63. The van der Waals surface area contributed by atoms with Gasteiger partial charge >= 0.3 is 6.03 Å². The van der Waals surface area contributed by atoms with Crippen LogP contribution in [0.25, 0.3) is 10.9 Å². The Morgan fingerprint density at radius 3 is 2.78 bits per heavy atom. The molecule has 1 aromatic carbocycles. The van der Waals surface area contributed by atoms with Gasteiger partial charge in [0, 0.05) is 30.5 Å². The van der Waals surface area contributed by atoms with Crippen LogP contribution in [0.5, 0.6) is 0 Å². The molecule has 0 spiro atoms. The lowest BCUT2D eigenvalue weighted by Gasteiger charge is -2.08. The summed E-state index contributed by atoms with van der Waals surface area (Å²) in [4.78, 5) is 31.1. The zero-order valence-corrected chi connectivity index (χ0v) is 12.7. The van der Waals surface area contributed by atoms with Crippen molar-refractivity contribution in [1.82, 2.24) is 15.3 Å². The van der Waals surface area contributed by atoms with Gasteiger partial charge in [0.15, 0.2) is 0 Å². The average Bonchev–Trinajstić information content (AvgIpc) is 2.57. The minimum absolute atomic E-state index is 0.159. The molecule has 2 heterocycles. The largest absolute Gasteiger partial charge is 0.358 e. The molecule has 3 rings (SSSR count). The van der Waals surface area contributed by atoms with Crippen LogP contribution in [-0.4, -0.2) is 16.0 Å². The molecule has 2 aromatic heterocycles. The van der Waals surface area contributed by atoms with E-state index in [2.05, 4.69) is 20.6 Å². The molecule has 0 radical (unpaired) electrons. The number of aromatic nitrogens is 2. The second-order valence-corrected chi connectivity index (χ2v) is 5.26. The maximum Gasteiger partial charge on any atom is 0.319 e. The number of hydrogen-bond acceptors (Lipinski definition) is 3. The third kappa shape index (κ3) is 3.32. The number of fused-ring (bicyclic) bond motifs is 1. The number of halogens is 1. The molecule has 23 heavy (non-hydrogen) atoms. The van der Waals surface area contributed by atoms with Crippen LogP contribution in [0.4, 0.5) is 10.5 Å². The minimum atomic E-state index is -0.464. The van der Waals surface area contributed by atoms with Gasteiger partial charge in [0.2, 0.25) is 5.43 Å². The molecule has 0 aliphatic rings. The Balaban J connectivity index is 1.75. The van der Waals surface area contributed by atoms with E-state index >= 15 is 0 Å². The van der Waals surface area contributed by atoms with E-state index in [4.69, 9.17) is 11.6 Å². The van der Waals surface area contributed by atoms with Gasteiger partial charge < -0.3 is 15.6 Å². The number of para-hydroxylation sites is 1. The van der Waals surface area contributed by atoms with Crippen molar-refractivity contribution in [2.75, 3.05) is 5.32 Å². The van der Waals surface area contributed by atoms with Gasteiger partial charge in [0.05, 0.1) is 10.5 Å². The number of amides is 2. The van der Waals surface area contributed by atoms with E-state index in [0.29, 0.717) is 22.5 Å². The predicted octanol–water partition coefficient (Wildman–Crippen LogP) is 2.90. The molecule has 0 saturated carbocycles. The lowest BCUT2D eigenvalue weighted by molar-refractivity contribution is 0.251. The molecule has 0 atom stereocenters. The second kappa shape index (κ2) is 6.50. The molecule has 0 bridgehead atoms. The number of H-pyrrole nitrogens is 1. The van der Waals surface area contributed by atoms with E-state index in [1.54, 1.807) is 42.7 Å². The van der Waals surface area contributed by atoms with Crippen molar-refractivity contribution >= 4 is 34.2 Å². The smallest absolute Gasteiger partial charge is 0.319 e. The molecule has 0 saturated heterocycles. The summed E-state index contributed by atoms with van der Waals surface area (Å²) in [6, 6.07) is 8.16. The summed E-state index contributed by atoms with van der Waals surface area (Å²) < 4.78 is 0. The van der Waals surface area contributed by atoms with Crippen molar-refractivity contribution in [2.24, 2.45) is 0 Å². The molecule has 116 valence electrons. The van der Waals surface area contributed by atoms with Crippen LogP contribution in [0.15, 0.2) is 53.7 Å². The Morgan fingerprint density at radius 2 is 2.00 bits per heavy atom. The molecular formula is C16H13ClN4O2. The number of nitrogens with one attached hydrogen (secondary N) is 3. The van der Waals surface area contributed by atoms with Gasteiger partial charge in [-0.15, -0.1) is 0 Å². The van der Waals surface area contributed by atoms with Crippen LogP contribution in [0.1, 0.15) is 5.56 Å². The maximum atomic E-state index is 12.4. The normalized spacial score (nSPS) is 10.5. The van der Waals surface area contributed by atoms with Gasteiger partial charge in [-0.2, -0.15) is 0 Å². The van der Waals surface area contributed by atoms with Crippen LogP contribution in [0.3, 0.4) is 0 Å². The summed E-state index contributed by atoms with van der Waals surface area (Å²) in [6.45, 7) is 0.339. The average molecular weight is 329 g/mol. The Labute approximate surface area is 136 Å². The fourth-order valence-electron chi connectivity index (χ4n) is 2.16. The van der Waals surface area contributed by atoms with Crippen molar-refractivity contribution in [3.63, 3.8) is 0 Å². The number of rotatable bonds is 3. The standard InChI is InChI=1S/C16H13ClN4O2/c17-12-3-1-2-11-14(12)19-9-13(15(11)22)21-16(23)20-8-10-4-6-18-7-5-10/h1-7,9H,8H2,(H,19,22)(H2,20,21,23). The molecule has 0 aliphatic carbocycles. The SMILES string of the molecule is O=C(NCc1ccncc1)Nc1c[nH]c2c(Cl)cccc2c1=O. The number of nitrogens with zero attached hydrogens (tertiary/aromatic N) is 1. The van der Waals surface area contributed by atoms with Crippen LogP contribution in [0, 0.1) is 0 Å². The summed E-state index contributed by atoms with van der Waals surface area (Å²) in [5, 5.41) is 6.09. The number of carbonyl (C=O) groups excluding carboxylic acids is 1. The van der Waals surface area contributed by atoms with Crippen LogP contribution in [-0.2, 0) is 6.54 Å². The summed E-state index contributed by atoms with van der Waals surface area (Å²) in [5.74, 6) is 0. The van der Waals surface area contributed by atoms with E-state index in [1.807, 2.05) is 0 Å². The van der Waals surface area contributed by atoms with E-state index in [0.717, 1.165) is 5.56 Å². The van der Waals surface area contributed by atoms with E-state index in [9.17, 15) is 9.59 Å². The van der Waals surface area contributed by atoms with Crippen molar-refractivity contribution in [1.29, 1.82) is 0 Å². The molecule has 7 heteroatoms. The van der Waals surface area contributed by atoms with Gasteiger partial charge in [-0.3, -0.25) is 9.78 Å². The van der Waals surface area contributed by atoms with Crippen LogP contribution >= 0.6 is 11.6 Å². The van der Waals surface area contributed by atoms with Crippen molar-refractivity contribution in [2.45, 2.75) is 6.54 Å². The maximum absolute atomic E-state index is 12.4. The number of hydrogen-bond donors (Lipinski definition) is 3. The zero-order valence-electron chi connectivity index (χ0n) is 12.0. The number of carbonyl (C=O) groups is 1. The first kappa shape index (κ1) is 15.1. The van der Waals surface area contributed by atoms with Gasteiger partial charge in [-0.05, 0) is 29.8 Å². The van der Waals surface area contributed by atoms with E-state index < -0.39 is 6.03 Å². The van der Waals surface area contributed by atoms with Crippen LogP contribution in [0.2, 0.25) is 5.02 Å². The molecule has 6 nitrogen and oxygen atoms in total. The summed E-state index contributed by atoms with van der Waals surface area (Å²) >= 11 is 6.03. The molecule has 0 unspecified atom stereocenters.